The molecular formula is C19H33N3O5. The number of carbonyl (C=O) groups excluding carboxylic acids is 3. The summed E-state index contributed by atoms with van der Waals surface area (Å²) in [7, 11) is 0. The summed E-state index contributed by atoms with van der Waals surface area (Å²) in [6.45, 7) is 9.96. The third kappa shape index (κ3) is 9.12. The van der Waals surface area contributed by atoms with Gasteiger partial charge in [0.25, 0.3) is 11.8 Å². The molecule has 8 nitrogen and oxygen atoms in total. The number of carbonyl (C=O) groups is 3. The minimum Gasteiger partial charge on any atom is -0.375 e. The Hall–Kier alpha value is -1.77. The molecule has 0 saturated carbocycles. The van der Waals surface area contributed by atoms with Gasteiger partial charge < -0.3 is 20.5 Å². The molecule has 3 amide bonds. The average molecular weight is 383 g/mol. The van der Waals surface area contributed by atoms with Crippen molar-refractivity contribution in [3.05, 3.63) is 12.2 Å². The molecule has 0 atom stereocenters. The summed E-state index contributed by atoms with van der Waals surface area (Å²) in [5.41, 5.74) is 4.95. The number of hydrogen-bond donors (Lipinski definition) is 2. The van der Waals surface area contributed by atoms with Crippen molar-refractivity contribution in [2.45, 2.75) is 58.2 Å². The second-order valence-electron chi connectivity index (χ2n) is 7.77. The van der Waals surface area contributed by atoms with Gasteiger partial charge in [-0.05, 0) is 47.1 Å². The fourth-order valence-electron chi connectivity index (χ4n) is 2.54. The number of rotatable bonds is 13. The molecule has 154 valence electrons. The summed E-state index contributed by atoms with van der Waals surface area (Å²) >= 11 is 0. The maximum absolute atomic E-state index is 11.8. The molecule has 27 heavy (non-hydrogen) atoms. The van der Waals surface area contributed by atoms with Gasteiger partial charge in [-0.3, -0.25) is 19.3 Å². The van der Waals surface area contributed by atoms with Gasteiger partial charge in [0.2, 0.25) is 5.91 Å². The SMILES string of the molecule is CC(C)(CCN)OCCC(C)(C)OCCNC(=O)CCN1C(=O)C=CC1=O. The number of hydrogen-bond acceptors (Lipinski definition) is 6. The van der Waals surface area contributed by atoms with Gasteiger partial charge in [0, 0.05) is 31.7 Å². The number of imide groups is 1. The maximum atomic E-state index is 11.8. The van der Waals surface area contributed by atoms with Crippen molar-refractivity contribution in [2.75, 3.05) is 32.8 Å². The summed E-state index contributed by atoms with van der Waals surface area (Å²) in [5.74, 6) is -0.986. The Balaban J connectivity index is 2.15. The lowest BCUT2D eigenvalue weighted by Gasteiger charge is -2.29. The summed E-state index contributed by atoms with van der Waals surface area (Å²) in [6.07, 6.45) is 4.01. The van der Waals surface area contributed by atoms with Gasteiger partial charge in [-0.2, -0.15) is 0 Å². The highest BCUT2D eigenvalue weighted by atomic mass is 16.5. The third-order valence-electron chi connectivity index (χ3n) is 4.32. The first kappa shape index (κ1) is 23.3. The number of amides is 3. The molecule has 0 radical (unpaired) electrons. The fourth-order valence-corrected chi connectivity index (χ4v) is 2.54. The Labute approximate surface area is 161 Å². The van der Waals surface area contributed by atoms with Crippen LogP contribution in [-0.2, 0) is 23.9 Å². The van der Waals surface area contributed by atoms with Gasteiger partial charge in [-0.25, -0.2) is 0 Å². The second kappa shape index (κ2) is 10.5. The van der Waals surface area contributed by atoms with Crippen molar-refractivity contribution in [3.8, 4) is 0 Å². The van der Waals surface area contributed by atoms with E-state index in [1.165, 1.54) is 12.2 Å². The zero-order chi connectivity index (χ0) is 20.5. The normalized spacial score (nSPS) is 14.9. The van der Waals surface area contributed by atoms with Crippen LogP contribution in [-0.4, -0.2) is 66.7 Å². The molecule has 3 N–H and O–H groups in total. The number of nitrogens with one attached hydrogen (secondary N) is 1. The summed E-state index contributed by atoms with van der Waals surface area (Å²) in [5, 5.41) is 2.73. The molecule has 0 aromatic rings. The van der Waals surface area contributed by atoms with Crippen molar-refractivity contribution < 1.29 is 23.9 Å². The zero-order valence-corrected chi connectivity index (χ0v) is 16.9. The Morgan fingerprint density at radius 1 is 1.04 bits per heavy atom. The molecule has 0 bridgehead atoms. The van der Waals surface area contributed by atoms with Crippen LogP contribution >= 0.6 is 0 Å². The molecule has 0 saturated heterocycles. The Morgan fingerprint density at radius 2 is 1.59 bits per heavy atom. The van der Waals surface area contributed by atoms with E-state index in [-0.39, 0.29) is 41.9 Å². The van der Waals surface area contributed by atoms with Gasteiger partial charge in [0.1, 0.15) is 0 Å². The average Bonchev–Trinajstić information content (AvgIpc) is 2.87. The molecule has 0 spiro atoms. The Bertz CT molecular complexity index is 540. The van der Waals surface area contributed by atoms with E-state index in [4.69, 9.17) is 15.2 Å². The van der Waals surface area contributed by atoms with Crippen LogP contribution in [0.1, 0.15) is 47.0 Å². The van der Waals surface area contributed by atoms with E-state index in [2.05, 4.69) is 5.32 Å². The fraction of sp³-hybridized carbons (Fsp3) is 0.737. The Morgan fingerprint density at radius 3 is 2.19 bits per heavy atom. The summed E-state index contributed by atoms with van der Waals surface area (Å²) < 4.78 is 11.7. The summed E-state index contributed by atoms with van der Waals surface area (Å²) in [6, 6.07) is 0. The lowest BCUT2D eigenvalue weighted by Crippen LogP contribution is -2.37. The van der Waals surface area contributed by atoms with E-state index in [9.17, 15) is 14.4 Å². The van der Waals surface area contributed by atoms with Crippen LogP contribution in [0.3, 0.4) is 0 Å². The van der Waals surface area contributed by atoms with Crippen molar-refractivity contribution >= 4 is 17.7 Å². The van der Waals surface area contributed by atoms with E-state index in [1.54, 1.807) is 0 Å². The van der Waals surface area contributed by atoms with E-state index < -0.39 is 0 Å². The largest absolute Gasteiger partial charge is 0.375 e. The highest BCUT2D eigenvalue weighted by molar-refractivity contribution is 6.13. The van der Waals surface area contributed by atoms with Gasteiger partial charge >= 0.3 is 0 Å². The first-order valence-corrected chi connectivity index (χ1v) is 9.34. The minimum atomic E-state index is -0.380. The molecule has 0 unspecified atom stereocenters. The quantitative estimate of drug-likeness (QED) is 0.359. The molecule has 0 aliphatic carbocycles. The molecule has 1 aliphatic heterocycles. The van der Waals surface area contributed by atoms with Crippen LogP contribution in [0.15, 0.2) is 12.2 Å². The third-order valence-corrected chi connectivity index (χ3v) is 4.32. The molecule has 1 heterocycles. The first-order valence-electron chi connectivity index (χ1n) is 9.34. The highest BCUT2D eigenvalue weighted by Gasteiger charge is 2.24. The predicted octanol–water partition coefficient (Wildman–Crippen LogP) is 0.747. The standard InChI is InChI=1S/C19H33N3O5/c1-18(2,8-10-20)26-13-9-19(3,4)27-14-11-21-15(23)7-12-22-16(24)5-6-17(22)25/h5-6H,7-14,20H2,1-4H3,(H,21,23). The van der Waals surface area contributed by atoms with Crippen molar-refractivity contribution in [2.24, 2.45) is 5.73 Å². The van der Waals surface area contributed by atoms with Crippen molar-refractivity contribution in [1.82, 2.24) is 10.2 Å². The van der Waals surface area contributed by atoms with Crippen LogP contribution in [0, 0.1) is 0 Å². The number of nitrogens with two attached hydrogens (primary N) is 1. The molecular weight excluding hydrogens is 350 g/mol. The first-order chi connectivity index (χ1) is 12.6. The molecule has 0 aromatic heterocycles. The van der Waals surface area contributed by atoms with Crippen LogP contribution in [0.25, 0.3) is 0 Å². The predicted molar refractivity (Wildman–Crippen MR) is 102 cm³/mol. The van der Waals surface area contributed by atoms with Crippen LogP contribution in [0.5, 0.6) is 0 Å². The van der Waals surface area contributed by atoms with Gasteiger partial charge in [0.05, 0.1) is 24.4 Å². The minimum absolute atomic E-state index is 0.0760. The molecule has 1 rings (SSSR count). The second-order valence-corrected chi connectivity index (χ2v) is 7.77. The van der Waals surface area contributed by atoms with Crippen molar-refractivity contribution in [3.63, 3.8) is 0 Å². The van der Waals surface area contributed by atoms with Crippen LogP contribution in [0.4, 0.5) is 0 Å². The lowest BCUT2D eigenvalue weighted by molar-refractivity contribution is -0.137. The van der Waals surface area contributed by atoms with Crippen LogP contribution in [0.2, 0.25) is 0 Å². The topological polar surface area (TPSA) is 111 Å². The van der Waals surface area contributed by atoms with E-state index in [0.717, 1.165) is 17.7 Å². The molecule has 0 aromatic carbocycles. The Kier molecular flexibility index (Phi) is 9.08. The van der Waals surface area contributed by atoms with E-state index in [1.807, 2.05) is 27.7 Å². The lowest BCUT2D eigenvalue weighted by atomic mass is 10.0. The molecule has 1 aliphatic rings. The van der Waals surface area contributed by atoms with E-state index >= 15 is 0 Å². The smallest absolute Gasteiger partial charge is 0.253 e. The summed E-state index contributed by atoms with van der Waals surface area (Å²) in [4.78, 5) is 35.7. The van der Waals surface area contributed by atoms with Crippen LogP contribution < -0.4 is 11.1 Å². The monoisotopic (exact) mass is 383 g/mol. The van der Waals surface area contributed by atoms with Gasteiger partial charge in [0.15, 0.2) is 0 Å². The van der Waals surface area contributed by atoms with Gasteiger partial charge in [-0.15, -0.1) is 0 Å². The number of nitrogens with zero attached hydrogens (tertiary/aromatic N) is 1. The van der Waals surface area contributed by atoms with E-state index in [0.29, 0.717) is 26.3 Å². The zero-order valence-electron chi connectivity index (χ0n) is 16.9. The maximum Gasteiger partial charge on any atom is 0.253 e. The van der Waals surface area contributed by atoms with Gasteiger partial charge in [-0.1, -0.05) is 0 Å². The molecule has 8 heteroatoms. The molecule has 0 fully saturated rings. The number of ether oxygens (including phenoxy) is 2. The van der Waals surface area contributed by atoms with Crippen molar-refractivity contribution in [1.29, 1.82) is 0 Å². The highest BCUT2D eigenvalue weighted by Crippen LogP contribution is 2.18.